The Morgan fingerprint density at radius 3 is 1.77 bits per heavy atom. The van der Waals surface area contributed by atoms with Gasteiger partial charge in [-0.1, -0.05) is 62.9 Å². The molecule has 3 aromatic carbocycles. The van der Waals surface area contributed by atoms with Crippen molar-refractivity contribution >= 4 is 23.1 Å². The van der Waals surface area contributed by atoms with Crippen molar-refractivity contribution in [2.45, 2.75) is 36.0 Å². The molecule has 0 atom stereocenters. The lowest BCUT2D eigenvalue weighted by molar-refractivity contribution is 0.401. The molecule has 3 N–H and O–H groups in total. The van der Waals surface area contributed by atoms with E-state index in [1.807, 2.05) is 17.8 Å². The maximum Gasteiger partial charge on any atom is 0.157 e. The number of fused-ring (bicyclic) bond motifs is 2. The molecule has 4 rings (SSSR count). The number of para-hydroxylation sites is 2. The summed E-state index contributed by atoms with van der Waals surface area (Å²) in [5, 5.41) is 21.7. The molecule has 3 nitrogen and oxygen atoms in total. The second-order valence-corrected chi connectivity index (χ2v) is 8.26. The Morgan fingerprint density at radius 2 is 1.27 bits per heavy atom. The molecule has 0 saturated heterocycles. The van der Waals surface area contributed by atoms with Crippen LogP contribution in [-0.4, -0.2) is 10.2 Å². The Hall–Kier alpha value is -2.59. The highest BCUT2D eigenvalue weighted by atomic mass is 32.2. The van der Waals surface area contributed by atoms with Gasteiger partial charge in [-0.25, -0.2) is 0 Å². The van der Waals surface area contributed by atoms with Crippen LogP contribution in [0.15, 0.2) is 76.5 Å². The maximum absolute atomic E-state index is 9.21. The van der Waals surface area contributed by atoms with Crippen LogP contribution in [0.4, 0.5) is 11.4 Å². The van der Waals surface area contributed by atoms with Gasteiger partial charge in [-0.2, -0.15) is 0 Å². The molecule has 1 aliphatic heterocycles. The van der Waals surface area contributed by atoms with Crippen LogP contribution in [0.3, 0.4) is 0 Å². The van der Waals surface area contributed by atoms with Crippen LogP contribution in [0.1, 0.15) is 26.3 Å². The van der Waals surface area contributed by atoms with Gasteiger partial charge < -0.3 is 15.5 Å². The summed E-state index contributed by atoms with van der Waals surface area (Å²) in [6.07, 6.45) is 0. The zero-order valence-corrected chi connectivity index (χ0v) is 16.0. The zero-order valence-electron chi connectivity index (χ0n) is 15.2. The van der Waals surface area contributed by atoms with Gasteiger partial charge in [0.15, 0.2) is 11.5 Å². The monoisotopic (exact) mass is 365 g/mol. The maximum atomic E-state index is 9.21. The summed E-state index contributed by atoms with van der Waals surface area (Å²) in [5.74, 6) is -0.120. The van der Waals surface area contributed by atoms with E-state index in [1.165, 1.54) is 27.2 Å². The Labute approximate surface area is 158 Å². The topological polar surface area (TPSA) is 52.5 Å². The van der Waals surface area contributed by atoms with E-state index in [0.29, 0.717) is 0 Å². The van der Waals surface area contributed by atoms with Crippen molar-refractivity contribution in [3.05, 3.63) is 72.3 Å². The highest BCUT2D eigenvalue weighted by molar-refractivity contribution is 7.99. The number of phenolic OH excluding ortho intramolecular Hbond substituents is 2. The molecule has 1 aliphatic rings. The molecule has 0 bridgehead atoms. The molecular weight excluding hydrogens is 342 g/mol. The van der Waals surface area contributed by atoms with Gasteiger partial charge in [0, 0.05) is 9.79 Å². The van der Waals surface area contributed by atoms with Gasteiger partial charge in [0.2, 0.25) is 0 Å². The van der Waals surface area contributed by atoms with Crippen molar-refractivity contribution in [1.82, 2.24) is 0 Å². The van der Waals surface area contributed by atoms with Gasteiger partial charge in [-0.3, -0.25) is 0 Å². The first-order valence-electron chi connectivity index (χ1n) is 8.50. The molecular formula is C22H23NO2S. The van der Waals surface area contributed by atoms with Crippen LogP contribution >= 0.6 is 11.8 Å². The average Bonchev–Trinajstić information content (AvgIpc) is 2.62. The molecule has 26 heavy (non-hydrogen) atoms. The second kappa shape index (κ2) is 7.34. The van der Waals surface area contributed by atoms with Crippen molar-refractivity contribution < 1.29 is 10.2 Å². The molecule has 0 aromatic heterocycles. The van der Waals surface area contributed by atoms with Crippen LogP contribution < -0.4 is 5.32 Å². The van der Waals surface area contributed by atoms with E-state index in [9.17, 15) is 5.11 Å². The molecule has 0 aliphatic carbocycles. The third-order valence-electron chi connectivity index (χ3n) is 4.10. The molecule has 0 radical (unpaired) electrons. The van der Waals surface area contributed by atoms with E-state index < -0.39 is 0 Å². The molecule has 0 spiro atoms. The number of nitrogens with one attached hydrogen (secondary N) is 1. The van der Waals surface area contributed by atoms with E-state index in [2.05, 4.69) is 74.6 Å². The Kier molecular flexibility index (Phi) is 5.14. The Morgan fingerprint density at radius 1 is 0.731 bits per heavy atom. The summed E-state index contributed by atoms with van der Waals surface area (Å²) >= 11 is 1.82. The summed E-state index contributed by atoms with van der Waals surface area (Å²) in [4.78, 5) is 2.59. The highest BCUT2D eigenvalue weighted by Crippen LogP contribution is 2.43. The summed E-state index contributed by atoms with van der Waals surface area (Å²) in [6, 6.07) is 21.7. The largest absolute Gasteiger partial charge is 0.504 e. The molecule has 0 saturated carbocycles. The minimum absolute atomic E-state index is 0.00514. The van der Waals surface area contributed by atoms with Gasteiger partial charge in [-0.05, 0) is 47.4 Å². The molecule has 0 fully saturated rings. The fourth-order valence-corrected chi connectivity index (χ4v) is 3.56. The number of hydrogen-bond acceptors (Lipinski definition) is 4. The molecule has 3 aromatic rings. The predicted molar refractivity (Wildman–Crippen MR) is 109 cm³/mol. The third-order valence-corrected chi connectivity index (χ3v) is 5.26. The summed E-state index contributed by atoms with van der Waals surface area (Å²) < 4.78 is 0. The molecule has 1 heterocycles. The van der Waals surface area contributed by atoms with Crippen LogP contribution in [0.5, 0.6) is 11.5 Å². The van der Waals surface area contributed by atoms with Gasteiger partial charge in [-0.15, -0.1) is 0 Å². The van der Waals surface area contributed by atoms with E-state index >= 15 is 0 Å². The van der Waals surface area contributed by atoms with Crippen LogP contribution in [0.2, 0.25) is 0 Å². The number of benzene rings is 3. The first-order chi connectivity index (χ1) is 12.3. The fraction of sp³-hybridized carbons (Fsp3) is 0.182. The predicted octanol–water partition coefficient (Wildman–Crippen LogP) is 6.29. The number of anilines is 2. The van der Waals surface area contributed by atoms with Crippen molar-refractivity contribution in [3.63, 3.8) is 0 Å². The first kappa shape index (κ1) is 18.2. The fourth-order valence-electron chi connectivity index (χ4n) is 2.57. The van der Waals surface area contributed by atoms with Crippen molar-refractivity contribution in [1.29, 1.82) is 0 Å². The summed E-state index contributed by atoms with van der Waals surface area (Å²) in [5.41, 5.74) is 3.43. The molecule has 0 unspecified atom stereocenters. The highest BCUT2D eigenvalue weighted by Gasteiger charge is 2.15. The van der Waals surface area contributed by atoms with Gasteiger partial charge in [0.25, 0.3) is 0 Å². The van der Waals surface area contributed by atoms with E-state index in [-0.39, 0.29) is 16.9 Å². The summed E-state index contributed by atoms with van der Waals surface area (Å²) in [6.45, 7) is 6.16. The lowest BCUT2D eigenvalue weighted by Crippen LogP contribution is -2.10. The van der Waals surface area contributed by atoms with Gasteiger partial charge >= 0.3 is 0 Å². The summed E-state index contributed by atoms with van der Waals surface area (Å²) in [7, 11) is 0. The Balaban J connectivity index is 0.000000153. The van der Waals surface area contributed by atoms with Crippen LogP contribution in [0.25, 0.3) is 0 Å². The Bertz CT molecular complexity index is 829. The minimum Gasteiger partial charge on any atom is -0.504 e. The van der Waals surface area contributed by atoms with Crippen LogP contribution in [-0.2, 0) is 5.41 Å². The second-order valence-electron chi connectivity index (χ2n) is 7.17. The number of rotatable bonds is 0. The number of hydrogen-bond donors (Lipinski definition) is 3. The number of phenols is 2. The number of aromatic hydroxyl groups is 2. The first-order valence-corrected chi connectivity index (χ1v) is 9.31. The molecule has 134 valence electrons. The minimum atomic E-state index is -0.0667. The van der Waals surface area contributed by atoms with E-state index in [0.717, 1.165) is 5.56 Å². The zero-order chi connectivity index (χ0) is 18.7. The normalized spacial score (nSPS) is 12.1. The SMILES string of the molecule is CC(C)(C)c1ccc(O)c(O)c1.c1ccc2c(c1)Nc1ccccc1S2. The van der Waals surface area contributed by atoms with Gasteiger partial charge in [0.1, 0.15) is 0 Å². The van der Waals surface area contributed by atoms with Crippen LogP contribution in [0, 0.1) is 0 Å². The van der Waals surface area contributed by atoms with Crippen molar-refractivity contribution in [3.8, 4) is 11.5 Å². The van der Waals surface area contributed by atoms with E-state index in [1.54, 1.807) is 6.07 Å². The van der Waals surface area contributed by atoms with Crippen molar-refractivity contribution in [2.75, 3.05) is 5.32 Å². The van der Waals surface area contributed by atoms with Gasteiger partial charge in [0.05, 0.1) is 11.4 Å². The average molecular weight is 365 g/mol. The smallest absolute Gasteiger partial charge is 0.157 e. The van der Waals surface area contributed by atoms with Crippen molar-refractivity contribution in [2.24, 2.45) is 0 Å². The molecule has 4 heteroatoms. The standard InChI is InChI=1S/C12H9NS.C10H14O2/c1-3-7-11-9(5-1)13-10-6-2-4-8-12(10)14-11;1-10(2,3)7-4-5-8(11)9(12)6-7/h1-8,13H;4-6,11-12H,1-3H3. The quantitative estimate of drug-likeness (QED) is 0.321. The molecule has 0 amide bonds. The lowest BCUT2D eigenvalue weighted by atomic mass is 9.87. The third kappa shape index (κ3) is 4.14. The lowest BCUT2D eigenvalue weighted by Gasteiger charge is -2.19. The van der Waals surface area contributed by atoms with E-state index in [4.69, 9.17) is 5.11 Å².